The maximum atomic E-state index is 12.9. The van der Waals surface area contributed by atoms with E-state index in [2.05, 4.69) is 14.7 Å². The van der Waals surface area contributed by atoms with Crippen LogP contribution in [-0.4, -0.2) is 23.7 Å². The SMILES string of the molecule is O=C(Cc1ccc(F)cc1)Nc1nc(S(=O)(=O)Cc2ccccc2)ns1. The number of hydrogen-bond donors (Lipinski definition) is 1. The molecule has 0 radical (unpaired) electrons. The number of benzene rings is 2. The second kappa shape index (κ2) is 7.71. The topological polar surface area (TPSA) is 89.0 Å². The lowest BCUT2D eigenvalue weighted by molar-refractivity contribution is -0.115. The van der Waals surface area contributed by atoms with E-state index in [1.807, 2.05) is 0 Å². The molecule has 134 valence electrons. The van der Waals surface area contributed by atoms with Gasteiger partial charge in [0.1, 0.15) is 5.82 Å². The average molecular weight is 391 g/mol. The number of nitrogens with zero attached hydrogens (tertiary/aromatic N) is 2. The van der Waals surface area contributed by atoms with Gasteiger partial charge >= 0.3 is 0 Å². The van der Waals surface area contributed by atoms with Gasteiger partial charge in [-0.25, -0.2) is 12.8 Å². The van der Waals surface area contributed by atoms with Gasteiger partial charge in [-0.2, -0.15) is 9.36 Å². The highest BCUT2D eigenvalue weighted by Gasteiger charge is 2.21. The van der Waals surface area contributed by atoms with E-state index in [-0.39, 0.29) is 34.2 Å². The summed E-state index contributed by atoms with van der Waals surface area (Å²) in [6.07, 6.45) is 0.0198. The molecule has 0 spiro atoms. The van der Waals surface area contributed by atoms with E-state index >= 15 is 0 Å². The molecule has 0 fully saturated rings. The second-order valence-electron chi connectivity index (χ2n) is 5.48. The third-order valence-corrected chi connectivity index (χ3v) is 5.61. The highest BCUT2D eigenvalue weighted by molar-refractivity contribution is 7.90. The van der Waals surface area contributed by atoms with Gasteiger partial charge in [0, 0.05) is 11.5 Å². The van der Waals surface area contributed by atoms with Gasteiger partial charge in [0.05, 0.1) is 12.2 Å². The largest absolute Gasteiger partial charge is 0.300 e. The average Bonchev–Trinajstić information content (AvgIpc) is 3.07. The first-order chi connectivity index (χ1) is 12.4. The Kier molecular flexibility index (Phi) is 5.38. The minimum absolute atomic E-state index is 0.0198. The van der Waals surface area contributed by atoms with Crippen LogP contribution in [0.2, 0.25) is 0 Å². The maximum absolute atomic E-state index is 12.9. The predicted molar refractivity (Wildman–Crippen MR) is 96.0 cm³/mol. The zero-order chi connectivity index (χ0) is 18.6. The number of halogens is 1. The molecule has 9 heteroatoms. The number of aromatic nitrogens is 2. The van der Waals surface area contributed by atoms with Crippen molar-refractivity contribution in [1.82, 2.24) is 9.36 Å². The zero-order valence-corrected chi connectivity index (χ0v) is 15.1. The van der Waals surface area contributed by atoms with Crippen molar-refractivity contribution in [2.24, 2.45) is 0 Å². The van der Waals surface area contributed by atoms with E-state index in [1.54, 1.807) is 30.3 Å². The van der Waals surface area contributed by atoms with Gasteiger partial charge < -0.3 is 5.32 Å². The monoisotopic (exact) mass is 391 g/mol. The van der Waals surface area contributed by atoms with Crippen molar-refractivity contribution in [1.29, 1.82) is 0 Å². The van der Waals surface area contributed by atoms with Crippen molar-refractivity contribution in [3.05, 3.63) is 71.5 Å². The van der Waals surface area contributed by atoms with Crippen molar-refractivity contribution in [3.63, 3.8) is 0 Å². The molecule has 3 rings (SSSR count). The van der Waals surface area contributed by atoms with Crippen LogP contribution in [0.5, 0.6) is 0 Å². The number of nitrogens with one attached hydrogen (secondary N) is 1. The molecule has 1 heterocycles. The Morgan fingerprint density at radius 3 is 2.42 bits per heavy atom. The molecular weight excluding hydrogens is 377 g/mol. The van der Waals surface area contributed by atoms with Crippen molar-refractivity contribution in [2.45, 2.75) is 17.3 Å². The summed E-state index contributed by atoms with van der Waals surface area (Å²) in [6.45, 7) is 0. The van der Waals surface area contributed by atoms with Crippen LogP contribution in [-0.2, 0) is 26.8 Å². The van der Waals surface area contributed by atoms with Gasteiger partial charge in [-0.1, -0.05) is 42.5 Å². The molecule has 0 aliphatic rings. The third-order valence-electron chi connectivity index (χ3n) is 3.41. The third kappa shape index (κ3) is 4.70. The normalized spacial score (nSPS) is 11.3. The van der Waals surface area contributed by atoms with E-state index in [1.165, 1.54) is 24.3 Å². The van der Waals surface area contributed by atoms with E-state index in [9.17, 15) is 17.6 Å². The van der Waals surface area contributed by atoms with E-state index in [0.29, 0.717) is 11.1 Å². The molecule has 2 aromatic carbocycles. The molecule has 0 bridgehead atoms. The standard InChI is InChI=1S/C17H14FN3O3S2/c18-14-8-6-12(7-9-14)10-15(22)19-16-20-17(21-25-16)26(23,24)11-13-4-2-1-3-5-13/h1-9H,10-11H2,(H,19,20,21,22). The molecule has 0 aliphatic carbocycles. The Labute approximate surface area is 153 Å². The van der Waals surface area contributed by atoms with Crippen LogP contribution in [0.25, 0.3) is 0 Å². The number of rotatable bonds is 6. The van der Waals surface area contributed by atoms with E-state index in [4.69, 9.17) is 0 Å². The summed E-state index contributed by atoms with van der Waals surface area (Å²) in [6, 6.07) is 14.2. The summed E-state index contributed by atoms with van der Waals surface area (Å²) in [7, 11) is -3.70. The summed E-state index contributed by atoms with van der Waals surface area (Å²) >= 11 is 0.796. The first-order valence-corrected chi connectivity index (χ1v) is 10.00. The zero-order valence-electron chi connectivity index (χ0n) is 13.4. The maximum Gasteiger partial charge on any atom is 0.261 e. The van der Waals surface area contributed by atoms with Gasteiger partial charge in [-0.3, -0.25) is 4.79 Å². The predicted octanol–water partition coefficient (Wildman–Crippen LogP) is 2.83. The molecule has 0 saturated heterocycles. The lowest BCUT2D eigenvalue weighted by Gasteiger charge is -2.02. The van der Waals surface area contributed by atoms with Crippen LogP contribution < -0.4 is 5.32 Å². The van der Waals surface area contributed by atoms with Crippen LogP contribution in [0.3, 0.4) is 0 Å². The smallest absolute Gasteiger partial charge is 0.261 e. The van der Waals surface area contributed by atoms with Crippen LogP contribution in [0.1, 0.15) is 11.1 Å². The highest BCUT2D eigenvalue weighted by atomic mass is 32.2. The van der Waals surface area contributed by atoms with Crippen LogP contribution >= 0.6 is 11.5 Å². The Morgan fingerprint density at radius 1 is 1.04 bits per heavy atom. The van der Waals surface area contributed by atoms with Crippen molar-refractivity contribution in [2.75, 3.05) is 5.32 Å². The Morgan fingerprint density at radius 2 is 1.73 bits per heavy atom. The van der Waals surface area contributed by atoms with E-state index < -0.39 is 9.84 Å². The first kappa shape index (κ1) is 18.2. The Bertz CT molecular complexity index is 1000. The molecule has 1 amide bonds. The molecule has 0 atom stereocenters. The number of carbonyl (C=O) groups is 1. The Hall–Kier alpha value is -2.65. The summed E-state index contributed by atoms with van der Waals surface area (Å²) < 4.78 is 41.4. The molecule has 26 heavy (non-hydrogen) atoms. The van der Waals surface area contributed by atoms with Crippen molar-refractivity contribution in [3.8, 4) is 0 Å². The summed E-state index contributed by atoms with van der Waals surface area (Å²) in [4.78, 5) is 15.9. The lowest BCUT2D eigenvalue weighted by atomic mass is 10.1. The minimum atomic E-state index is -3.70. The summed E-state index contributed by atoms with van der Waals surface area (Å²) in [5, 5.41) is 2.29. The number of hydrogen-bond acceptors (Lipinski definition) is 6. The van der Waals surface area contributed by atoms with Crippen molar-refractivity contribution >= 4 is 32.4 Å². The summed E-state index contributed by atoms with van der Waals surface area (Å²) in [5.41, 5.74) is 1.26. The fourth-order valence-electron chi connectivity index (χ4n) is 2.20. The van der Waals surface area contributed by atoms with Gasteiger partial charge in [0.2, 0.25) is 20.9 Å². The molecule has 0 saturated carbocycles. The highest BCUT2D eigenvalue weighted by Crippen LogP contribution is 2.19. The Balaban J connectivity index is 1.65. The molecular formula is C17H14FN3O3S2. The van der Waals surface area contributed by atoms with Crippen molar-refractivity contribution < 1.29 is 17.6 Å². The molecule has 1 N–H and O–H groups in total. The quantitative estimate of drug-likeness (QED) is 0.698. The van der Waals surface area contributed by atoms with Gasteiger partial charge in [-0.05, 0) is 23.3 Å². The molecule has 0 aliphatic heterocycles. The second-order valence-corrected chi connectivity index (χ2v) is 8.11. The first-order valence-electron chi connectivity index (χ1n) is 7.57. The molecule has 0 unspecified atom stereocenters. The molecule has 3 aromatic rings. The lowest BCUT2D eigenvalue weighted by Crippen LogP contribution is -2.14. The number of sulfone groups is 1. The molecule has 6 nitrogen and oxygen atoms in total. The summed E-state index contributed by atoms with van der Waals surface area (Å²) in [5.74, 6) is -0.987. The van der Waals surface area contributed by atoms with Crippen LogP contribution in [0.4, 0.5) is 9.52 Å². The number of anilines is 1. The number of amides is 1. The van der Waals surface area contributed by atoms with E-state index in [0.717, 1.165) is 11.5 Å². The number of carbonyl (C=O) groups excluding carboxylic acids is 1. The molecule has 1 aromatic heterocycles. The van der Waals surface area contributed by atoms with Crippen LogP contribution in [0, 0.1) is 5.82 Å². The fourth-order valence-corrected chi connectivity index (χ4v) is 4.30. The minimum Gasteiger partial charge on any atom is -0.300 e. The fraction of sp³-hybridized carbons (Fsp3) is 0.118. The van der Waals surface area contributed by atoms with Crippen LogP contribution in [0.15, 0.2) is 59.8 Å². The van der Waals surface area contributed by atoms with Gasteiger partial charge in [0.25, 0.3) is 5.16 Å². The van der Waals surface area contributed by atoms with Gasteiger partial charge in [0.15, 0.2) is 0 Å². The van der Waals surface area contributed by atoms with Gasteiger partial charge in [-0.15, -0.1) is 0 Å².